The van der Waals surface area contributed by atoms with E-state index >= 15 is 0 Å². The van der Waals surface area contributed by atoms with Crippen molar-refractivity contribution < 1.29 is 13.9 Å². The summed E-state index contributed by atoms with van der Waals surface area (Å²) in [7, 11) is 1.61. The number of ketones is 1. The Bertz CT molecular complexity index is 567. The van der Waals surface area contributed by atoms with Crippen LogP contribution in [0.25, 0.3) is 0 Å². The van der Waals surface area contributed by atoms with Crippen LogP contribution in [0.4, 0.5) is 4.39 Å². The maximum absolute atomic E-state index is 12.9. The first-order valence-corrected chi connectivity index (χ1v) is 5.96. The van der Waals surface area contributed by atoms with Gasteiger partial charge in [0, 0.05) is 18.2 Å². The van der Waals surface area contributed by atoms with Gasteiger partial charge in [0.25, 0.3) is 0 Å². The van der Waals surface area contributed by atoms with Gasteiger partial charge in [-0.25, -0.2) is 4.39 Å². The van der Waals surface area contributed by atoms with Crippen LogP contribution in [0.1, 0.15) is 22.3 Å². The Hall–Kier alpha value is -2.23. The van der Waals surface area contributed by atoms with Crippen molar-refractivity contribution >= 4 is 5.78 Å². The lowest BCUT2D eigenvalue weighted by molar-refractivity contribution is 0.0982. The molecule has 0 amide bonds. The van der Waals surface area contributed by atoms with Gasteiger partial charge in [0.1, 0.15) is 11.6 Å². The van der Waals surface area contributed by atoms with Crippen LogP contribution < -0.4 is 4.74 Å². The summed E-state index contributed by atoms with van der Waals surface area (Å²) in [5.74, 6) is 0.183. The number of carbonyl (C=O) groups excluding carboxylic acids is 1. The Kier molecular flexibility index (Phi) is 4.23. The van der Waals surface area contributed by atoms with Crippen molar-refractivity contribution in [2.24, 2.45) is 0 Å². The van der Waals surface area contributed by atoms with Crippen LogP contribution >= 0.6 is 0 Å². The van der Waals surface area contributed by atoms with Crippen molar-refractivity contribution in [1.29, 1.82) is 0 Å². The number of rotatable bonds is 5. The zero-order valence-corrected chi connectivity index (χ0v) is 10.6. The number of hydrogen-bond acceptors (Lipinski definition) is 3. The first-order chi connectivity index (χ1) is 9.19. The fourth-order valence-corrected chi connectivity index (χ4v) is 1.76. The summed E-state index contributed by atoms with van der Waals surface area (Å²) >= 11 is 0. The second-order valence-electron chi connectivity index (χ2n) is 4.16. The van der Waals surface area contributed by atoms with E-state index in [0.29, 0.717) is 18.4 Å². The van der Waals surface area contributed by atoms with E-state index in [9.17, 15) is 9.18 Å². The third-order valence-electron chi connectivity index (χ3n) is 2.83. The highest BCUT2D eigenvalue weighted by molar-refractivity contribution is 5.95. The van der Waals surface area contributed by atoms with Gasteiger partial charge in [-0.1, -0.05) is 12.1 Å². The highest BCUT2D eigenvalue weighted by atomic mass is 19.1. The van der Waals surface area contributed by atoms with E-state index in [0.717, 1.165) is 17.5 Å². The molecule has 0 fully saturated rings. The molecule has 1 heterocycles. The predicted octanol–water partition coefficient (Wildman–Crippen LogP) is 3.04. The van der Waals surface area contributed by atoms with Gasteiger partial charge in [-0.3, -0.25) is 9.78 Å². The smallest absolute Gasteiger partial charge is 0.164 e. The molecule has 0 atom stereocenters. The Labute approximate surface area is 111 Å². The molecule has 4 heteroatoms. The Morgan fingerprint density at radius 3 is 2.63 bits per heavy atom. The lowest BCUT2D eigenvalue weighted by atomic mass is 10.0. The second-order valence-corrected chi connectivity index (χ2v) is 4.16. The summed E-state index contributed by atoms with van der Waals surface area (Å²) in [4.78, 5) is 15.5. The minimum Gasteiger partial charge on any atom is -0.497 e. The Morgan fingerprint density at radius 2 is 2.00 bits per heavy atom. The molecular weight excluding hydrogens is 245 g/mol. The predicted molar refractivity (Wildman–Crippen MR) is 69.8 cm³/mol. The molecule has 1 aromatic heterocycles. The van der Waals surface area contributed by atoms with Crippen LogP contribution in [-0.4, -0.2) is 17.9 Å². The topological polar surface area (TPSA) is 39.2 Å². The van der Waals surface area contributed by atoms with Crippen LogP contribution in [0.2, 0.25) is 0 Å². The fraction of sp³-hybridized carbons (Fsp3) is 0.200. The van der Waals surface area contributed by atoms with E-state index in [1.807, 2.05) is 24.3 Å². The number of Topliss-reactive ketones (excluding diaryl/α,β-unsaturated/α-hetero) is 1. The highest BCUT2D eigenvalue weighted by Gasteiger charge is 2.07. The standard InChI is InChI=1S/C15H14FNO2/c1-19-14-5-2-11(3-6-14)4-7-15(18)12-8-13(16)10-17-9-12/h2-3,5-6,8-10H,4,7H2,1H3. The summed E-state index contributed by atoms with van der Waals surface area (Å²) in [5.41, 5.74) is 1.35. The van der Waals surface area contributed by atoms with Gasteiger partial charge in [0.05, 0.1) is 13.3 Å². The maximum atomic E-state index is 12.9. The quantitative estimate of drug-likeness (QED) is 0.775. The van der Waals surface area contributed by atoms with Gasteiger partial charge in [0.2, 0.25) is 0 Å². The van der Waals surface area contributed by atoms with E-state index in [1.165, 1.54) is 12.3 Å². The molecule has 0 bridgehead atoms. The molecule has 0 radical (unpaired) electrons. The molecule has 0 aliphatic carbocycles. The zero-order chi connectivity index (χ0) is 13.7. The molecule has 0 aliphatic heterocycles. The molecule has 0 saturated carbocycles. The van der Waals surface area contributed by atoms with Gasteiger partial charge >= 0.3 is 0 Å². The van der Waals surface area contributed by atoms with Crippen molar-refractivity contribution in [2.45, 2.75) is 12.8 Å². The molecule has 1 aromatic carbocycles. The average molecular weight is 259 g/mol. The number of methoxy groups -OCH3 is 1. The van der Waals surface area contributed by atoms with Crippen molar-refractivity contribution in [3.8, 4) is 5.75 Å². The number of hydrogen-bond donors (Lipinski definition) is 0. The number of nitrogens with zero attached hydrogens (tertiary/aromatic N) is 1. The van der Waals surface area contributed by atoms with Crippen LogP contribution in [-0.2, 0) is 6.42 Å². The van der Waals surface area contributed by atoms with Crippen molar-refractivity contribution in [3.05, 3.63) is 59.7 Å². The summed E-state index contributed by atoms with van der Waals surface area (Å²) in [6.07, 6.45) is 3.41. The summed E-state index contributed by atoms with van der Waals surface area (Å²) < 4.78 is 18.0. The number of pyridine rings is 1. The summed E-state index contributed by atoms with van der Waals surface area (Å²) in [6, 6.07) is 8.74. The molecule has 98 valence electrons. The number of carbonyl (C=O) groups is 1. The molecule has 0 aliphatic rings. The molecule has 2 rings (SSSR count). The molecular formula is C15H14FNO2. The molecule has 19 heavy (non-hydrogen) atoms. The minimum atomic E-state index is -0.490. The van der Waals surface area contributed by atoms with Gasteiger partial charge in [-0.05, 0) is 30.2 Å². The molecule has 3 nitrogen and oxygen atoms in total. The maximum Gasteiger partial charge on any atom is 0.164 e. The van der Waals surface area contributed by atoms with Crippen LogP contribution in [0.3, 0.4) is 0 Å². The van der Waals surface area contributed by atoms with Crippen molar-refractivity contribution in [3.63, 3.8) is 0 Å². The third kappa shape index (κ3) is 3.61. The Balaban J connectivity index is 1.96. The van der Waals surface area contributed by atoms with E-state index < -0.39 is 5.82 Å². The third-order valence-corrected chi connectivity index (χ3v) is 2.83. The van der Waals surface area contributed by atoms with Gasteiger partial charge in [-0.2, -0.15) is 0 Å². The summed E-state index contributed by atoms with van der Waals surface area (Å²) in [5, 5.41) is 0. The van der Waals surface area contributed by atoms with Crippen LogP contribution in [0.15, 0.2) is 42.7 Å². The van der Waals surface area contributed by atoms with Crippen LogP contribution in [0.5, 0.6) is 5.75 Å². The largest absolute Gasteiger partial charge is 0.497 e. The second kappa shape index (κ2) is 6.09. The number of aryl methyl sites for hydroxylation is 1. The zero-order valence-electron chi connectivity index (χ0n) is 10.6. The average Bonchev–Trinajstić information content (AvgIpc) is 2.45. The van der Waals surface area contributed by atoms with E-state index in [1.54, 1.807) is 7.11 Å². The normalized spacial score (nSPS) is 10.2. The SMILES string of the molecule is COc1ccc(CCC(=O)c2cncc(F)c2)cc1. The lowest BCUT2D eigenvalue weighted by Gasteiger charge is -2.03. The molecule has 0 N–H and O–H groups in total. The minimum absolute atomic E-state index is 0.109. The molecule has 2 aromatic rings. The molecule has 0 saturated heterocycles. The number of halogens is 1. The fourth-order valence-electron chi connectivity index (χ4n) is 1.76. The van der Waals surface area contributed by atoms with Gasteiger partial charge < -0.3 is 4.74 Å². The van der Waals surface area contributed by atoms with Crippen molar-refractivity contribution in [2.75, 3.05) is 7.11 Å². The number of ether oxygens (including phenoxy) is 1. The lowest BCUT2D eigenvalue weighted by Crippen LogP contribution is -2.02. The first-order valence-electron chi connectivity index (χ1n) is 5.96. The Morgan fingerprint density at radius 1 is 1.26 bits per heavy atom. The molecule has 0 spiro atoms. The number of aromatic nitrogens is 1. The van der Waals surface area contributed by atoms with Crippen molar-refractivity contribution in [1.82, 2.24) is 4.98 Å². The summed E-state index contributed by atoms with van der Waals surface area (Å²) in [6.45, 7) is 0. The highest BCUT2D eigenvalue weighted by Crippen LogP contribution is 2.14. The van der Waals surface area contributed by atoms with E-state index in [2.05, 4.69) is 4.98 Å². The van der Waals surface area contributed by atoms with E-state index in [4.69, 9.17) is 4.74 Å². The number of benzene rings is 1. The first kappa shape index (κ1) is 13.2. The van der Waals surface area contributed by atoms with Crippen LogP contribution in [0, 0.1) is 5.82 Å². The van der Waals surface area contributed by atoms with Gasteiger partial charge in [0.15, 0.2) is 5.78 Å². The van der Waals surface area contributed by atoms with E-state index in [-0.39, 0.29) is 5.78 Å². The van der Waals surface area contributed by atoms with Gasteiger partial charge in [-0.15, -0.1) is 0 Å². The monoisotopic (exact) mass is 259 g/mol. The molecule has 0 unspecified atom stereocenters.